The molecule has 0 aromatic carbocycles. The number of rotatable bonds is 2. The van der Waals surface area contributed by atoms with Crippen LogP contribution in [0.3, 0.4) is 0 Å². The van der Waals surface area contributed by atoms with Crippen LogP contribution in [-0.2, 0) is 0 Å². The maximum absolute atomic E-state index is 12.1. The van der Waals surface area contributed by atoms with Crippen LogP contribution >= 0.6 is 0 Å². The summed E-state index contributed by atoms with van der Waals surface area (Å²) < 4.78 is 24.0. The summed E-state index contributed by atoms with van der Waals surface area (Å²) in [4.78, 5) is 0. The quantitative estimate of drug-likeness (QED) is 0.507. The summed E-state index contributed by atoms with van der Waals surface area (Å²) in [5, 5.41) is 0. The topological polar surface area (TPSA) is 0 Å². The minimum absolute atomic E-state index is 0.403. The number of allylic oxidation sites excluding steroid dienone is 4. The van der Waals surface area contributed by atoms with Crippen molar-refractivity contribution in [1.82, 2.24) is 0 Å². The van der Waals surface area contributed by atoms with Gasteiger partial charge in [0.05, 0.1) is 0 Å². The zero-order chi connectivity index (χ0) is 7.28. The van der Waals surface area contributed by atoms with Crippen LogP contribution in [-0.4, -0.2) is 6.17 Å². The molecule has 0 aliphatic heterocycles. The fourth-order valence-corrected chi connectivity index (χ4v) is 0.321. The summed E-state index contributed by atoms with van der Waals surface area (Å²) in [6.07, 6.45) is 2.48. The van der Waals surface area contributed by atoms with Gasteiger partial charge in [0.1, 0.15) is 12.0 Å². The third kappa shape index (κ3) is 5.21. The molecule has 0 spiro atoms. The summed E-state index contributed by atoms with van der Waals surface area (Å²) in [5.74, 6) is -0.403. The lowest BCUT2D eigenvalue weighted by Crippen LogP contribution is -1.82. The van der Waals surface area contributed by atoms with Gasteiger partial charge >= 0.3 is 0 Å². The molecule has 52 valence electrons. The second-order valence-electron chi connectivity index (χ2n) is 1.71. The fraction of sp³-hybridized carbons (Fsp3) is 0.429. The Balaban J connectivity index is 3.71. The molecule has 0 aromatic heterocycles. The highest BCUT2D eigenvalue weighted by Crippen LogP contribution is 1.99. The van der Waals surface area contributed by atoms with Crippen LogP contribution in [0.4, 0.5) is 8.78 Å². The van der Waals surface area contributed by atoms with E-state index in [4.69, 9.17) is 0 Å². The molecule has 0 amide bonds. The van der Waals surface area contributed by atoms with Crippen LogP contribution < -0.4 is 0 Å². The maximum atomic E-state index is 12.1. The van der Waals surface area contributed by atoms with Crippen LogP contribution in [0.1, 0.15) is 13.8 Å². The molecule has 0 saturated carbocycles. The van der Waals surface area contributed by atoms with Gasteiger partial charge in [-0.05, 0) is 26.0 Å². The van der Waals surface area contributed by atoms with E-state index in [2.05, 4.69) is 0 Å². The van der Waals surface area contributed by atoms with E-state index in [-0.39, 0.29) is 0 Å². The first kappa shape index (κ1) is 8.34. The van der Waals surface area contributed by atoms with E-state index in [1.165, 1.54) is 13.0 Å². The van der Waals surface area contributed by atoms with Crippen LogP contribution in [0.25, 0.3) is 0 Å². The van der Waals surface area contributed by atoms with Gasteiger partial charge in [0.25, 0.3) is 0 Å². The largest absolute Gasteiger partial charge is 0.243 e. The first-order valence-electron chi connectivity index (χ1n) is 2.81. The minimum atomic E-state index is -1.07. The molecule has 0 aliphatic carbocycles. The molecule has 0 fully saturated rings. The van der Waals surface area contributed by atoms with Gasteiger partial charge in [-0.15, -0.1) is 0 Å². The van der Waals surface area contributed by atoms with Gasteiger partial charge in [0, 0.05) is 0 Å². The van der Waals surface area contributed by atoms with Gasteiger partial charge in [-0.1, -0.05) is 6.08 Å². The van der Waals surface area contributed by atoms with E-state index >= 15 is 0 Å². The molecule has 2 heteroatoms. The van der Waals surface area contributed by atoms with Gasteiger partial charge in [0.2, 0.25) is 0 Å². The smallest absolute Gasteiger partial charge is 0.118 e. The molecule has 0 N–H and O–H groups in total. The highest BCUT2D eigenvalue weighted by Gasteiger charge is 1.88. The SMILES string of the molecule is C/C=C(F)\C=C/C(C)F. The summed E-state index contributed by atoms with van der Waals surface area (Å²) in [5.41, 5.74) is 0. The summed E-state index contributed by atoms with van der Waals surface area (Å²) in [6.45, 7) is 2.90. The highest BCUT2D eigenvalue weighted by molar-refractivity contribution is 5.10. The monoisotopic (exact) mass is 132 g/mol. The summed E-state index contributed by atoms with van der Waals surface area (Å²) in [7, 11) is 0. The Morgan fingerprint density at radius 2 is 2.11 bits per heavy atom. The van der Waals surface area contributed by atoms with Crippen LogP contribution in [0.2, 0.25) is 0 Å². The molecule has 0 nitrogen and oxygen atoms in total. The summed E-state index contributed by atoms with van der Waals surface area (Å²) >= 11 is 0. The molecule has 0 saturated heterocycles. The Morgan fingerprint density at radius 3 is 2.44 bits per heavy atom. The van der Waals surface area contributed by atoms with Gasteiger partial charge < -0.3 is 0 Å². The Kier molecular flexibility index (Phi) is 3.93. The lowest BCUT2D eigenvalue weighted by molar-refractivity contribution is 0.429. The van der Waals surface area contributed by atoms with Crippen molar-refractivity contribution in [3.8, 4) is 0 Å². The Bertz CT molecular complexity index is 123. The van der Waals surface area contributed by atoms with Crippen molar-refractivity contribution in [2.75, 3.05) is 0 Å². The summed E-state index contributed by atoms with van der Waals surface area (Å²) in [6, 6.07) is 0. The maximum Gasteiger partial charge on any atom is 0.118 e. The van der Waals surface area contributed by atoms with Gasteiger partial charge in [-0.3, -0.25) is 0 Å². The first-order chi connectivity index (χ1) is 4.16. The molecule has 0 aliphatic rings. The normalized spacial score (nSPS) is 16.7. The molecule has 0 heterocycles. The van der Waals surface area contributed by atoms with Crippen molar-refractivity contribution in [2.45, 2.75) is 20.0 Å². The third-order valence-electron chi connectivity index (χ3n) is 0.796. The van der Waals surface area contributed by atoms with Crippen molar-refractivity contribution in [2.24, 2.45) is 0 Å². The van der Waals surface area contributed by atoms with Crippen molar-refractivity contribution in [1.29, 1.82) is 0 Å². The molecule has 0 rings (SSSR count). The average Bonchev–Trinajstić information content (AvgIpc) is 1.83. The fourth-order valence-electron chi connectivity index (χ4n) is 0.321. The predicted molar refractivity (Wildman–Crippen MR) is 34.6 cm³/mol. The zero-order valence-electron chi connectivity index (χ0n) is 5.57. The van der Waals surface area contributed by atoms with E-state index in [0.29, 0.717) is 0 Å². The average molecular weight is 132 g/mol. The van der Waals surface area contributed by atoms with Gasteiger partial charge in [-0.2, -0.15) is 0 Å². The zero-order valence-corrected chi connectivity index (χ0v) is 5.57. The lowest BCUT2D eigenvalue weighted by Gasteiger charge is -1.87. The van der Waals surface area contributed by atoms with Crippen molar-refractivity contribution in [3.63, 3.8) is 0 Å². The predicted octanol–water partition coefficient (Wildman–Crippen LogP) is 2.77. The van der Waals surface area contributed by atoms with E-state index in [0.717, 1.165) is 12.2 Å². The first-order valence-corrected chi connectivity index (χ1v) is 2.81. The number of hydrogen-bond donors (Lipinski definition) is 0. The van der Waals surface area contributed by atoms with Crippen LogP contribution in [0, 0.1) is 0 Å². The molecular weight excluding hydrogens is 122 g/mol. The number of alkyl halides is 1. The van der Waals surface area contributed by atoms with Gasteiger partial charge in [-0.25, -0.2) is 8.78 Å². The number of halogens is 2. The minimum Gasteiger partial charge on any atom is -0.243 e. The lowest BCUT2D eigenvalue weighted by atomic mass is 10.3. The van der Waals surface area contributed by atoms with Crippen molar-refractivity contribution in [3.05, 3.63) is 24.1 Å². The molecule has 1 unspecified atom stereocenters. The highest BCUT2D eigenvalue weighted by atomic mass is 19.1. The van der Waals surface area contributed by atoms with Crippen LogP contribution in [0.15, 0.2) is 24.1 Å². The Hall–Kier alpha value is -0.660. The molecule has 0 bridgehead atoms. The second kappa shape index (κ2) is 4.24. The molecule has 1 atom stereocenters. The van der Waals surface area contributed by atoms with E-state index in [9.17, 15) is 8.78 Å². The van der Waals surface area contributed by atoms with E-state index in [1.54, 1.807) is 6.92 Å². The number of hydrogen-bond acceptors (Lipinski definition) is 0. The van der Waals surface area contributed by atoms with Crippen LogP contribution in [0.5, 0.6) is 0 Å². The Morgan fingerprint density at radius 1 is 1.56 bits per heavy atom. The van der Waals surface area contributed by atoms with Crippen molar-refractivity contribution < 1.29 is 8.78 Å². The molecule has 0 aromatic rings. The molecule has 0 radical (unpaired) electrons. The van der Waals surface area contributed by atoms with E-state index < -0.39 is 12.0 Å². The van der Waals surface area contributed by atoms with Gasteiger partial charge in [0.15, 0.2) is 0 Å². The molecular formula is C7H10F2. The third-order valence-corrected chi connectivity index (χ3v) is 0.796. The standard InChI is InChI=1S/C7H10F2/c1-3-7(9)5-4-6(2)8/h3-6H,1-2H3/b5-4-,7-3+. The molecule has 9 heavy (non-hydrogen) atoms. The van der Waals surface area contributed by atoms with Crippen molar-refractivity contribution >= 4 is 0 Å². The van der Waals surface area contributed by atoms with E-state index in [1.807, 2.05) is 0 Å². The Labute approximate surface area is 53.9 Å². The second-order valence-corrected chi connectivity index (χ2v) is 1.71.